The minimum atomic E-state index is -3.14. The molecule has 0 bridgehead atoms. The fourth-order valence-corrected chi connectivity index (χ4v) is 3.30. The van der Waals surface area contributed by atoms with Crippen LogP contribution in [0.5, 0.6) is 0 Å². The van der Waals surface area contributed by atoms with Crippen LogP contribution >= 0.6 is 0 Å². The number of ketones is 1. The Balaban J connectivity index is 0.000000505. The van der Waals surface area contributed by atoms with Crippen molar-refractivity contribution in [1.82, 2.24) is 14.9 Å². The van der Waals surface area contributed by atoms with Crippen molar-refractivity contribution in [2.24, 2.45) is 5.73 Å². The zero-order chi connectivity index (χ0) is 27.7. The molecule has 2 aromatic heterocycles. The quantitative estimate of drug-likeness (QED) is 0.199. The number of rotatable bonds is 6. The van der Waals surface area contributed by atoms with Crippen LogP contribution in [0.4, 0.5) is 8.78 Å². The van der Waals surface area contributed by atoms with Crippen LogP contribution in [0, 0.1) is 17.3 Å². The SMILES string of the molecule is CC(=O)C(C)(F)F.N=C(N)c1ccc(C#CCn2c(C(=O)NCc3ccncc3)cc3ccccc32)cc1. The molecule has 2 heterocycles. The van der Waals surface area contributed by atoms with E-state index < -0.39 is 11.7 Å². The summed E-state index contributed by atoms with van der Waals surface area (Å²) in [6, 6.07) is 20.7. The molecule has 9 heteroatoms. The Kier molecular flexibility index (Phi) is 9.06. The van der Waals surface area contributed by atoms with Crippen molar-refractivity contribution in [2.45, 2.75) is 32.9 Å². The number of Topliss-reactive ketones (excluding diaryl/α,β-unsaturated/α-hetero) is 1. The monoisotopic (exact) mass is 515 g/mol. The number of pyridine rings is 1. The minimum absolute atomic E-state index is 0.0285. The number of nitrogens with one attached hydrogen (secondary N) is 2. The molecule has 0 saturated heterocycles. The number of fused-ring (bicyclic) bond motifs is 1. The predicted octanol–water partition coefficient (Wildman–Crippen LogP) is 4.53. The first-order chi connectivity index (χ1) is 18.1. The van der Waals surface area contributed by atoms with Crippen LogP contribution in [0.25, 0.3) is 10.9 Å². The minimum Gasteiger partial charge on any atom is -0.384 e. The summed E-state index contributed by atoms with van der Waals surface area (Å²) in [4.78, 5) is 26.6. The van der Waals surface area contributed by atoms with Gasteiger partial charge in [0.2, 0.25) is 0 Å². The number of alkyl halides is 2. The molecule has 0 unspecified atom stereocenters. The third-order valence-electron chi connectivity index (χ3n) is 5.53. The summed E-state index contributed by atoms with van der Waals surface area (Å²) in [5, 5.41) is 11.4. The highest BCUT2D eigenvalue weighted by Crippen LogP contribution is 2.20. The van der Waals surface area contributed by atoms with Gasteiger partial charge in [0.05, 0.1) is 6.54 Å². The summed E-state index contributed by atoms with van der Waals surface area (Å²) < 4.78 is 24.9. The van der Waals surface area contributed by atoms with Crippen molar-refractivity contribution >= 4 is 28.4 Å². The third-order valence-corrected chi connectivity index (χ3v) is 5.53. The Labute approximate surface area is 219 Å². The summed E-state index contributed by atoms with van der Waals surface area (Å²) in [7, 11) is 0. The average molecular weight is 516 g/mol. The third kappa shape index (κ3) is 7.58. The molecule has 0 radical (unpaired) electrons. The Hall–Kier alpha value is -4.84. The van der Waals surface area contributed by atoms with Gasteiger partial charge in [0.1, 0.15) is 11.5 Å². The van der Waals surface area contributed by atoms with Crippen molar-refractivity contribution in [3.63, 3.8) is 0 Å². The van der Waals surface area contributed by atoms with Crippen LogP contribution in [0.2, 0.25) is 0 Å². The van der Waals surface area contributed by atoms with Crippen LogP contribution in [0.15, 0.2) is 79.1 Å². The van der Waals surface area contributed by atoms with Crippen LogP contribution in [-0.2, 0) is 17.9 Å². The fraction of sp³-hybridized carbons (Fsp3) is 0.172. The molecule has 0 aliphatic heterocycles. The molecule has 0 aliphatic rings. The van der Waals surface area contributed by atoms with Crippen molar-refractivity contribution in [3.05, 3.63) is 102 Å². The Morgan fingerprint density at radius 3 is 2.32 bits per heavy atom. The van der Waals surface area contributed by atoms with Gasteiger partial charge in [0.15, 0.2) is 5.78 Å². The van der Waals surface area contributed by atoms with Crippen molar-refractivity contribution < 1.29 is 18.4 Å². The number of aromatic nitrogens is 2. The van der Waals surface area contributed by atoms with Gasteiger partial charge in [-0.2, -0.15) is 8.78 Å². The van der Waals surface area contributed by atoms with E-state index in [4.69, 9.17) is 11.1 Å². The number of nitrogens with two attached hydrogens (primary N) is 1. The molecular weight excluding hydrogens is 488 g/mol. The molecule has 4 N–H and O–H groups in total. The second-order valence-corrected chi connectivity index (χ2v) is 8.45. The lowest BCUT2D eigenvalue weighted by Gasteiger charge is -2.08. The van der Waals surface area contributed by atoms with Crippen LogP contribution in [0.3, 0.4) is 0 Å². The Morgan fingerprint density at radius 1 is 1.08 bits per heavy atom. The first kappa shape index (κ1) is 27.7. The highest BCUT2D eigenvalue weighted by Gasteiger charge is 2.26. The van der Waals surface area contributed by atoms with Gasteiger partial charge in [-0.25, -0.2) is 0 Å². The number of hydrogen-bond acceptors (Lipinski definition) is 4. The second-order valence-electron chi connectivity index (χ2n) is 8.45. The van der Waals surface area contributed by atoms with E-state index in [2.05, 4.69) is 22.1 Å². The smallest absolute Gasteiger partial charge is 0.302 e. The molecule has 0 fully saturated rings. The summed E-state index contributed by atoms with van der Waals surface area (Å²) in [5.74, 6) is 1.92. The largest absolute Gasteiger partial charge is 0.384 e. The molecule has 7 nitrogen and oxygen atoms in total. The molecule has 4 rings (SSSR count). The van der Waals surface area contributed by atoms with Gasteiger partial charge in [0.25, 0.3) is 5.91 Å². The first-order valence-corrected chi connectivity index (χ1v) is 11.6. The lowest BCUT2D eigenvalue weighted by Crippen LogP contribution is -2.25. The number of para-hydroxylation sites is 1. The number of halogens is 2. The van der Waals surface area contributed by atoms with Gasteiger partial charge in [-0.05, 0) is 42.0 Å². The number of nitrogens with zero attached hydrogens (tertiary/aromatic N) is 2. The van der Waals surface area contributed by atoms with E-state index >= 15 is 0 Å². The van der Waals surface area contributed by atoms with Gasteiger partial charge in [0, 0.05) is 54.8 Å². The maximum Gasteiger partial charge on any atom is 0.302 e. The zero-order valence-electron chi connectivity index (χ0n) is 21.0. The lowest BCUT2D eigenvalue weighted by atomic mass is 10.1. The zero-order valence-corrected chi connectivity index (χ0v) is 21.0. The Morgan fingerprint density at radius 2 is 1.71 bits per heavy atom. The molecule has 0 aliphatic carbocycles. The standard InChI is InChI=1S/C25H21N5O.C4H6F2O/c26-24(27)20-9-7-18(8-10-20)4-3-15-30-22-6-2-1-5-21(22)16-23(30)25(31)29-17-19-11-13-28-14-12-19;1-3(7)4(2,5)6/h1-2,5-14,16H,15,17H2,(H3,26,27)(H,29,31);1-2H3. The van der Waals surface area contributed by atoms with E-state index in [-0.39, 0.29) is 11.7 Å². The van der Waals surface area contributed by atoms with Crippen molar-refractivity contribution in [2.75, 3.05) is 0 Å². The number of amides is 1. The van der Waals surface area contributed by atoms with E-state index in [1.807, 2.05) is 59.2 Å². The van der Waals surface area contributed by atoms with Crippen LogP contribution in [0.1, 0.15) is 41.0 Å². The summed E-state index contributed by atoms with van der Waals surface area (Å²) in [6.45, 7) is 2.24. The summed E-state index contributed by atoms with van der Waals surface area (Å²) in [6.07, 6.45) is 3.41. The van der Waals surface area contributed by atoms with Crippen molar-refractivity contribution in [1.29, 1.82) is 5.41 Å². The molecule has 0 saturated carbocycles. The second kappa shape index (κ2) is 12.4. The van der Waals surface area contributed by atoms with E-state index in [0.717, 1.165) is 29.0 Å². The van der Waals surface area contributed by atoms with Crippen LogP contribution in [-0.4, -0.2) is 33.0 Å². The lowest BCUT2D eigenvalue weighted by molar-refractivity contribution is -0.138. The first-order valence-electron chi connectivity index (χ1n) is 11.6. The van der Waals surface area contributed by atoms with E-state index in [0.29, 0.717) is 31.3 Å². The summed E-state index contributed by atoms with van der Waals surface area (Å²) >= 11 is 0. The maximum atomic E-state index is 12.9. The molecule has 194 valence electrons. The number of nitrogen functional groups attached to an aromatic ring is 1. The van der Waals surface area contributed by atoms with Gasteiger partial charge in [-0.1, -0.05) is 42.2 Å². The molecule has 38 heavy (non-hydrogen) atoms. The Bertz CT molecular complexity index is 1500. The normalized spacial score (nSPS) is 10.5. The highest BCUT2D eigenvalue weighted by atomic mass is 19.3. The van der Waals surface area contributed by atoms with E-state index in [9.17, 15) is 18.4 Å². The average Bonchev–Trinajstić information content (AvgIpc) is 3.27. The number of carbonyl (C=O) groups is 2. The number of hydrogen-bond donors (Lipinski definition) is 3. The highest BCUT2D eigenvalue weighted by molar-refractivity contribution is 5.99. The van der Waals surface area contributed by atoms with Gasteiger partial charge < -0.3 is 15.6 Å². The maximum absolute atomic E-state index is 12.9. The summed E-state index contributed by atoms with van der Waals surface area (Å²) in [5.41, 5.74) is 9.49. The molecule has 2 aromatic carbocycles. The molecule has 0 atom stereocenters. The molecule has 1 amide bonds. The molecular formula is C29H27F2N5O2. The molecule has 4 aromatic rings. The van der Waals surface area contributed by atoms with Crippen molar-refractivity contribution in [3.8, 4) is 11.8 Å². The van der Waals surface area contributed by atoms with Gasteiger partial charge in [-0.3, -0.25) is 20.0 Å². The van der Waals surface area contributed by atoms with Gasteiger partial charge in [-0.15, -0.1) is 0 Å². The topological polar surface area (TPSA) is 114 Å². The van der Waals surface area contributed by atoms with E-state index in [1.54, 1.807) is 24.5 Å². The molecule has 0 spiro atoms. The van der Waals surface area contributed by atoms with Gasteiger partial charge >= 0.3 is 5.92 Å². The predicted molar refractivity (Wildman–Crippen MR) is 143 cm³/mol. The fourth-order valence-electron chi connectivity index (χ4n) is 3.30. The van der Waals surface area contributed by atoms with E-state index in [1.165, 1.54) is 0 Å². The number of amidine groups is 1. The number of benzene rings is 2. The number of carbonyl (C=O) groups excluding carboxylic acids is 2. The van der Waals surface area contributed by atoms with Crippen LogP contribution < -0.4 is 11.1 Å².